The molecule has 0 aliphatic carbocycles. The van der Waals surface area contributed by atoms with Crippen molar-refractivity contribution in [1.82, 2.24) is 0 Å². The molecule has 156 valence electrons. The fraction of sp³-hybridized carbons (Fsp3) is 0.538. The first-order valence-corrected chi connectivity index (χ1v) is 24.6. The van der Waals surface area contributed by atoms with E-state index in [0.29, 0.717) is 0 Å². The van der Waals surface area contributed by atoms with Crippen LogP contribution in [0.1, 0.15) is 0 Å². The standard InChI is InChI=1S/C9H18O3Si3.C4H16O4Si4/c1-7-13(4)10-14(5,8-2)12-15(6,9-3)11-13;1-9-5-10(2)7-12(4)8-11(3)6-9/h7-9H,1-3H2,4-6H3;9-12H,1-4H3. The van der Waals surface area contributed by atoms with Crippen molar-refractivity contribution in [1.29, 1.82) is 0 Å². The highest BCUT2D eigenvalue weighted by molar-refractivity contribution is 6.98. The van der Waals surface area contributed by atoms with Gasteiger partial charge in [0.2, 0.25) is 0 Å². The predicted octanol–water partition coefficient (Wildman–Crippen LogP) is 1.91. The van der Waals surface area contributed by atoms with E-state index in [0.717, 1.165) is 0 Å². The zero-order valence-corrected chi connectivity index (χ0v) is 25.1. The van der Waals surface area contributed by atoms with Gasteiger partial charge >= 0.3 is 25.7 Å². The molecular formula is C13H34O7Si7. The van der Waals surface area contributed by atoms with E-state index in [9.17, 15) is 0 Å². The molecular weight excluding hydrogens is 465 g/mol. The fourth-order valence-corrected chi connectivity index (χ4v) is 28.0. The summed E-state index contributed by atoms with van der Waals surface area (Å²) in [5.74, 6) is 0. The highest BCUT2D eigenvalue weighted by Crippen LogP contribution is 2.31. The highest BCUT2D eigenvalue weighted by Gasteiger charge is 2.53. The maximum absolute atomic E-state index is 5.94. The lowest BCUT2D eigenvalue weighted by atomic mass is 11.3. The van der Waals surface area contributed by atoms with E-state index in [1.165, 1.54) is 0 Å². The van der Waals surface area contributed by atoms with E-state index in [-0.39, 0.29) is 0 Å². The second kappa shape index (κ2) is 10.5. The van der Waals surface area contributed by atoms with Crippen molar-refractivity contribution in [2.45, 2.75) is 45.8 Å². The average Bonchev–Trinajstić information content (AvgIpc) is 2.52. The quantitative estimate of drug-likeness (QED) is 0.551. The van der Waals surface area contributed by atoms with Crippen LogP contribution in [0.4, 0.5) is 0 Å². The van der Waals surface area contributed by atoms with Crippen LogP contribution in [0.2, 0.25) is 45.8 Å². The van der Waals surface area contributed by atoms with Gasteiger partial charge in [-0.25, -0.2) is 0 Å². The van der Waals surface area contributed by atoms with Gasteiger partial charge in [0.05, 0.1) is 0 Å². The van der Waals surface area contributed by atoms with E-state index in [1.54, 1.807) is 17.1 Å². The SMILES string of the molecule is C=C[Si]1(C)O[Si](C)(C=C)O[Si](C)(C=C)O1.C[SiH]1O[SiH](C)O[SiH](C)O[SiH](C)O1. The molecule has 2 rings (SSSR count). The zero-order chi connectivity index (χ0) is 20.9. The van der Waals surface area contributed by atoms with E-state index >= 15 is 0 Å². The maximum Gasteiger partial charge on any atom is 0.344 e. The Kier molecular flexibility index (Phi) is 9.89. The molecule has 0 amide bonds. The molecule has 0 saturated carbocycles. The van der Waals surface area contributed by atoms with Gasteiger partial charge in [0.25, 0.3) is 37.1 Å². The molecule has 0 aromatic carbocycles. The van der Waals surface area contributed by atoms with Gasteiger partial charge in [-0.15, -0.1) is 19.7 Å². The third-order valence-corrected chi connectivity index (χ3v) is 28.1. The molecule has 0 radical (unpaired) electrons. The second-order valence-electron chi connectivity index (χ2n) is 6.78. The topological polar surface area (TPSA) is 64.6 Å². The van der Waals surface area contributed by atoms with E-state index in [4.69, 9.17) is 28.8 Å². The molecule has 2 aliphatic heterocycles. The number of hydrogen-bond acceptors (Lipinski definition) is 7. The molecule has 0 spiro atoms. The average molecular weight is 499 g/mol. The molecule has 0 atom stereocenters. The minimum Gasteiger partial charge on any atom is -0.420 e. The third-order valence-electron chi connectivity index (χ3n) is 3.86. The van der Waals surface area contributed by atoms with Gasteiger partial charge in [-0.05, 0) is 45.8 Å². The lowest BCUT2D eigenvalue weighted by molar-refractivity contribution is 0.250. The number of rotatable bonds is 3. The van der Waals surface area contributed by atoms with E-state index in [2.05, 4.69) is 19.7 Å². The Labute approximate surface area is 174 Å². The summed E-state index contributed by atoms with van der Waals surface area (Å²) in [5.41, 5.74) is 5.37. The summed E-state index contributed by atoms with van der Waals surface area (Å²) in [6, 6.07) is 0. The van der Waals surface area contributed by atoms with Crippen LogP contribution in [0.5, 0.6) is 0 Å². The Morgan fingerprint density at radius 3 is 0.852 bits per heavy atom. The molecule has 0 N–H and O–H groups in total. The van der Waals surface area contributed by atoms with Gasteiger partial charge in [-0.1, -0.05) is 17.1 Å². The first-order valence-electron chi connectivity index (χ1n) is 9.01. The Morgan fingerprint density at radius 1 is 0.519 bits per heavy atom. The van der Waals surface area contributed by atoms with Crippen molar-refractivity contribution in [2.75, 3.05) is 0 Å². The molecule has 0 bridgehead atoms. The van der Waals surface area contributed by atoms with Crippen LogP contribution in [0, 0.1) is 0 Å². The molecule has 0 unspecified atom stereocenters. The summed E-state index contributed by atoms with van der Waals surface area (Å²) >= 11 is 0. The van der Waals surface area contributed by atoms with Gasteiger partial charge < -0.3 is 28.8 Å². The van der Waals surface area contributed by atoms with E-state index < -0.39 is 62.8 Å². The van der Waals surface area contributed by atoms with Crippen LogP contribution in [-0.2, 0) is 28.8 Å². The summed E-state index contributed by atoms with van der Waals surface area (Å²) in [7, 11) is -12.6. The Balaban J connectivity index is 0.000000277. The summed E-state index contributed by atoms with van der Waals surface area (Å²) < 4.78 is 40.4. The maximum atomic E-state index is 5.94. The summed E-state index contributed by atoms with van der Waals surface area (Å²) in [6.07, 6.45) is 0. The van der Waals surface area contributed by atoms with Crippen LogP contribution >= 0.6 is 0 Å². The van der Waals surface area contributed by atoms with Gasteiger partial charge in [-0.3, -0.25) is 0 Å². The second-order valence-corrected chi connectivity index (χ2v) is 25.4. The molecule has 2 fully saturated rings. The van der Waals surface area contributed by atoms with Crippen molar-refractivity contribution in [3.63, 3.8) is 0 Å². The van der Waals surface area contributed by atoms with Crippen LogP contribution in [0.15, 0.2) is 36.8 Å². The van der Waals surface area contributed by atoms with Crippen LogP contribution in [0.25, 0.3) is 0 Å². The molecule has 2 saturated heterocycles. The smallest absolute Gasteiger partial charge is 0.344 e. The molecule has 14 heteroatoms. The predicted molar refractivity (Wildman–Crippen MR) is 125 cm³/mol. The Bertz CT molecular complexity index is 444. The van der Waals surface area contributed by atoms with Gasteiger partial charge in [-0.2, -0.15) is 0 Å². The third kappa shape index (κ3) is 8.38. The Hall–Kier alpha value is 0.458. The van der Waals surface area contributed by atoms with Crippen molar-refractivity contribution < 1.29 is 28.8 Å². The van der Waals surface area contributed by atoms with Crippen LogP contribution in [0.3, 0.4) is 0 Å². The van der Waals surface area contributed by atoms with E-state index in [1.807, 2.05) is 45.8 Å². The van der Waals surface area contributed by atoms with Crippen molar-refractivity contribution >= 4 is 62.8 Å². The Morgan fingerprint density at radius 2 is 0.704 bits per heavy atom. The molecule has 2 heterocycles. The van der Waals surface area contributed by atoms with Gasteiger partial charge in [0, 0.05) is 0 Å². The van der Waals surface area contributed by atoms with Crippen molar-refractivity contribution in [3.8, 4) is 0 Å². The zero-order valence-electron chi connectivity index (χ0n) is 17.5. The lowest BCUT2D eigenvalue weighted by Crippen LogP contribution is -2.65. The summed E-state index contributed by atoms with van der Waals surface area (Å²) in [6.45, 7) is 25.5. The van der Waals surface area contributed by atoms with Gasteiger partial charge in [0.15, 0.2) is 0 Å². The monoisotopic (exact) mass is 498 g/mol. The van der Waals surface area contributed by atoms with Crippen LogP contribution in [-0.4, -0.2) is 62.8 Å². The largest absolute Gasteiger partial charge is 0.420 e. The minimum atomic E-state index is -2.30. The fourth-order valence-electron chi connectivity index (χ4n) is 2.73. The molecule has 0 aromatic heterocycles. The molecule has 7 nitrogen and oxygen atoms in total. The highest BCUT2D eigenvalue weighted by atomic mass is 28.5. The number of hydrogen-bond donors (Lipinski definition) is 0. The first-order chi connectivity index (χ1) is 12.4. The van der Waals surface area contributed by atoms with Crippen molar-refractivity contribution in [2.24, 2.45) is 0 Å². The minimum absolute atomic E-state index is 1.42. The molecule has 2 aliphatic rings. The molecule has 27 heavy (non-hydrogen) atoms. The van der Waals surface area contributed by atoms with Crippen molar-refractivity contribution in [3.05, 3.63) is 36.8 Å². The van der Waals surface area contributed by atoms with Gasteiger partial charge in [0.1, 0.15) is 0 Å². The van der Waals surface area contributed by atoms with Crippen LogP contribution < -0.4 is 0 Å². The first kappa shape index (κ1) is 25.5. The lowest BCUT2D eigenvalue weighted by Gasteiger charge is -2.46. The molecule has 0 aromatic rings. The summed E-state index contributed by atoms with van der Waals surface area (Å²) in [5, 5.41) is 0. The normalized spacial score (nSPS) is 45.4. The summed E-state index contributed by atoms with van der Waals surface area (Å²) in [4.78, 5) is 0.